The second kappa shape index (κ2) is 5.46. The Bertz CT molecular complexity index is 310. The zero-order valence-corrected chi connectivity index (χ0v) is 10.3. The molecule has 1 aromatic carbocycles. The molecule has 0 amide bonds. The molecule has 88 valence electrons. The zero-order valence-electron chi connectivity index (χ0n) is 10.3. The lowest BCUT2D eigenvalue weighted by Gasteiger charge is -2.33. The van der Waals surface area contributed by atoms with E-state index in [0.717, 1.165) is 19.6 Å². The van der Waals surface area contributed by atoms with Crippen molar-refractivity contribution in [2.75, 3.05) is 19.6 Å². The Morgan fingerprint density at radius 1 is 1.25 bits per heavy atom. The van der Waals surface area contributed by atoms with E-state index in [9.17, 15) is 0 Å². The van der Waals surface area contributed by atoms with Crippen molar-refractivity contribution >= 4 is 0 Å². The summed E-state index contributed by atoms with van der Waals surface area (Å²) in [7, 11) is 0. The van der Waals surface area contributed by atoms with Gasteiger partial charge in [0.05, 0.1) is 0 Å². The fourth-order valence-electron chi connectivity index (χ4n) is 2.53. The molecule has 1 aliphatic rings. The second-order valence-corrected chi connectivity index (χ2v) is 4.71. The fourth-order valence-corrected chi connectivity index (χ4v) is 2.53. The van der Waals surface area contributed by atoms with E-state index in [-0.39, 0.29) is 0 Å². The molecule has 1 heterocycles. The molecule has 1 aliphatic heterocycles. The minimum Gasteiger partial charge on any atom is -0.315 e. The lowest BCUT2D eigenvalue weighted by atomic mass is 10.0. The van der Waals surface area contributed by atoms with E-state index in [2.05, 4.69) is 54.4 Å². The van der Waals surface area contributed by atoms with E-state index in [1.165, 1.54) is 12.0 Å². The summed E-state index contributed by atoms with van der Waals surface area (Å²) in [5.74, 6) is 0. The molecule has 1 unspecified atom stereocenters. The van der Waals surface area contributed by atoms with Crippen LogP contribution in [0.4, 0.5) is 0 Å². The van der Waals surface area contributed by atoms with Crippen LogP contribution in [0.15, 0.2) is 30.3 Å². The minimum atomic E-state index is 0.524. The Balaban J connectivity index is 2.10. The predicted molar refractivity (Wildman–Crippen MR) is 68.5 cm³/mol. The smallest absolute Gasteiger partial charge is 0.0323 e. The van der Waals surface area contributed by atoms with Crippen LogP contribution >= 0.6 is 0 Å². The van der Waals surface area contributed by atoms with Crippen molar-refractivity contribution in [1.29, 1.82) is 0 Å². The summed E-state index contributed by atoms with van der Waals surface area (Å²) in [6.45, 7) is 8.07. The van der Waals surface area contributed by atoms with Crippen LogP contribution in [0, 0.1) is 0 Å². The molecule has 2 nitrogen and oxygen atoms in total. The molecule has 2 atom stereocenters. The Labute approximate surface area is 98.7 Å². The summed E-state index contributed by atoms with van der Waals surface area (Å²) in [5, 5.41) is 3.47. The van der Waals surface area contributed by atoms with E-state index in [0.29, 0.717) is 12.1 Å². The Morgan fingerprint density at radius 2 is 2.00 bits per heavy atom. The first-order valence-corrected chi connectivity index (χ1v) is 6.30. The van der Waals surface area contributed by atoms with Gasteiger partial charge in [0.1, 0.15) is 0 Å². The number of nitrogens with one attached hydrogen (secondary N) is 1. The van der Waals surface area contributed by atoms with Gasteiger partial charge in [0, 0.05) is 25.2 Å². The van der Waals surface area contributed by atoms with Crippen LogP contribution in [0.1, 0.15) is 31.9 Å². The molecule has 0 aliphatic carbocycles. The molecule has 2 heteroatoms. The highest BCUT2D eigenvalue weighted by atomic mass is 15.2. The van der Waals surface area contributed by atoms with Crippen molar-refractivity contribution in [1.82, 2.24) is 10.2 Å². The minimum absolute atomic E-state index is 0.524. The van der Waals surface area contributed by atoms with Crippen molar-refractivity contribution in [3.8, 4) is 0 Å². The van der Waals surface area contributed by atoms with Crippen LogP contribution in [-0.2, 0) is 0 Å². The number of benzene rings is 1. The van der Waals surface area contributed by atoms with Crippen LogP contribution in [-0.4, -0.2) is 30.6 Å². The van der Waals surface area contributed by atoms with Gasteiger partial charge in [-0.1, -0.05) is 30.3 Å². The van der Waals surface area contributed by atoms with E-state index < -0.39 is 0 Å². The largest absolute Gasteiger partial charge is 0.315 e. The van der Waals surface area contributed by atoms with Crippen LogP contribution in [0.2, 0.25) is 0 Å². The van der Waals surface area contributed by atoms with E-state index in [1.54, 1.807) is 0 Å². The molecule has 0 aromatic heterocycles. The summed E-state index contributed by atoms with van der Waals surface area (Å²) < 4.78 is 0. The van der Waals surface area contributed by atoms with Crippen LogP contribution in [0.3, 0.4) is 0 Å². The monoisotopic (exact) mass is 218 g/mol. The lowest BCUT2D eigenvalue weighted by Crippen LogP contribution is -2.36. The summed E-state index contributed by atoms with van der Waals surface area (Å²) in [5.41, 5.74) is 1.43. The van der Waals surface area contributed by atoms with Gasteiger partial charge in [-0.25, -0.2) is 0 Å². The Hall–Kier alpha value is -0.860. The van der Waals surface area contributed by atoms with E-state index in [4.69, 9.17) is 0 Å². The highest BCUT2D eigenvalue weighted by molar-refractivity contribution is 5.18. The van der Waals surface area contributed by atoms with Crippen LogP contribution in [0.5, 0.6) is 0 Å². The Morgan fingerprint density at radius 3 is 2.75 bits per heavy atom. The van der Waals surface area contributed by atoms with Gasteiger partial charge in [-0.2, -0.15) is 0 Å². The fraction of sp³-hybridized carbons (Fsp3) is 0.571. The normalized spacial score (nSPS) is 25.0. The third-order valence-corrected chi connectivity index (χ3v) is 3.63. The molecule has 16 heavy (non-hydrogen) atoms. The van der Waals surface area contributed by atoms with Crippen molar-refractivity contribution < 1.29 is 0 Å². The van der Waals surface area contributed by atoms with Crippen molar-refractivity contribution in [3.63, 3.8) is 0 Å². The molecular weight excluding hydrogens is 196 g/mol. The predicted octanol–water partition coefficient (Wildman–Crippen LogP) is 2.43. The maximum atomic E-state index is 3.47. The molecule has 1 N–H and O–H groups in total. The van der Waals surface area contributed by atoms with Gasteiger partial charge in [0.25, 0.3) is 0 Å². The third kappa shape index (κ3) is 2.63. The quantitative estimate of drug-likeness (QED) is 0.820. The summed E-state index contributed by atoms with van der Waals surface area (Å²) in [6.07, 6.45) is 1.25. The highest BCUT2D eigenvalue weighted by Crippen LogP contribution is 2.23. The number of hydrogen-bond donors (Lipinski definition) is 1. The summed E-state index contributed by atoms with van der Waals surface area (Å²) in [4.78, 5) is 2.61. The average molecular weight is 218 g/mol. The van der Waals surface area contributed by atoms with Gasteiger partial charge in [0.15, 0.2) is 0 Å². The molecule has 1 fully saturated rings. The molecule has 2 rings (SSSR count). The second-order valence-electron chi connectivity index (χ2n) is 4.71. The first-order valence-electron chi connectivity index (χ1n) is 6.30. The molecular formula is C14H22N2. The molecule has 0 radical (unpaired) electrons. The summed E-state index contributed by atoms with van der Waals surface area (Å²) >= 11 is 0. The standard InChI is InChI=1S/C14H22N2/c1-12-8-9-15-10-11-16(12)13(2)14-6-4-3-5-7-14/h3-7,12-13,15H,8-11H2,1-2H3/t12-,13?/m1/s1. The van der Waals surface area contributed by atoms with E-state index >= 15 is 0 Å². The number of nitrogens with zero attached hydrogens (tertiary/aromatic N) is 1. The van der Waals surface area contributed by atoms with Crippen LogP contribution < -0.4 is 5.32 Å². The molecule has 0 saturated carbocycles. The summed E-state index contributed by atoms with van der Waals surface area (Å²) in [6, 6.07) is 12.0. The average Bonchev–Trinajstić information content (AvgIpc) is 2.54. The number of rotatable bonds is 2. The first kappa shape index (κ1) is 11.6. The number of hydrogen-bond acceptors (Lipinski definition) is 2. The van der Waals surface area contributed by atoms with E-state index in [1.807, 2.05) is 0 Å². The topological polar surface area (TPSA) is 15.3 Å². The van der Waals surface area contributed by atoms with Crippen molar-refractivity contribution in [3.05, 3.63) is 35.9 Å². The van der Waals surface area contributed by atoms with Crippen molar-refractivity contribution in [2.45, 2.75) is 32.4 Å². The van der Waals surface area contributed by atoms with Gasteiger partial charge in [-0.3, -0.25) is 4.90 Å². The van der Waals surface area contributed by atoms with Gasteiger partial charge >= 0.3 is 0 Å². The molecule has 0 spiro atoms. The third-order valence-electron chi connectivity index (χ3n) is 3.63. The molecule has 1 aromatic rings. The molecule has 1 saturated heterocycles. The SMILES string of the molecule is CC(c1ccccc1)N1CCNCC[C@H]1C. The van der Waals surface area contributed by atoms with Gasteiger partial charge < -0.3 is 5.32 Å². The maximum Gasteiger partial charge on any atom is 0.0323 e. The van der Waals surface area contributed by atoms with Gasteiger partial charge in [0.2, 0.25) is 0 Å². The highest BCUT2D eigenvalue weighted by Gasteiger charge is 2.22. The maximum absolute atomic E-state index is 3.47. The zero-order chi connectivity index (χ0) is 11.4. The van der Waals surface area contributed by atoms with Gasteiger partial charge in [-0.15, -0.1) is 0 Å². The van der Waals surface area contributed by atoms with Crippen molar-refractivity contribution in [2.24, 2.45) is 0 Å². The van der Waals surface area contributed by atoms with Crippen LogP contribution in [0.25, 0.3) is 0 Å². The first-order chi connectivity index (χ1) is 7.79. The van der Waals surface area contributed by atoms with Gasteiger partial charge in [-0.05, 0) is 32.4 Å². The molecule has 0 bridgehead atoms. The Kier molecular flexibility index (Phi) is 3.97. The lowest BCUT2D eigenvalue weighted by molar-refractivity contribution is 0.163.